The number of fused-ring (bicyclic) bond motifs is 1. The smallest absolute Gasteiger partial charge is 0.178 e. The highest BCUT2D eigenvalue weighted by Crippen LogP contribution is 2.19. The number of hydrogen-bond acceptors (Lipinski definition) is 2. The zero-order valence-corrected chi connectivity index (χ0v) is 10.7. The molecule has 86 valence electrons. The maximum atomic E-state index is 5.93. The molecule has 0 aliphatic carbocycles. The Morgan fingerprint density at radius 2 is 2.31 bits per heavy atom. The Balaban J connectivity index is 2.52. The van der Waals surface area contributed by atoms with Crippen molar-refractivity contribution in [2.24, 2.45) is 0 Å². The third-order valence-corrected chi connectivity index (χ3v) is 3.14. The Morgan fingerprint density at radius 3 is 3.00 bits per heavy atom. The van der Waals surface area contributed by atoms with Crippen LogP contribution >= 0.6 is 23.8 Å². The molecule has 2 aromatic rings. The Bertz CT molecular complexity index is 561. The van der Waals surface area contributed by atoms with Crippen molar-refractivity contribution in [2.45, 2.75) is 19.6 Å². The van der Waals surface area contributed by atoms with E-state index in [2.05, 4.69) is 4.98 Å². The number of H-pyrrole nitrogens is 1. The van der Waals surface area contributed by atoms with Crippen LogP contribution in [0.25, 0.3) is 11.0 Å². The van der Waals surface area contributed by atoms with Gasteiger partial charge in [-0.25, -0.2) is 0 Å². The number of nitrogens with one attached hydrogen (secondary N) is 1. The number of methoxy groups -OCH3 is 1. The molecule has 0 saturated heterocycles. The molecule has 1 heterocycles. The summed E-state index contributed by atoms with van der Waals surface area (Å²) >= 11 is 11.2. The van der Waals surface area contributed by atoms with Crippen LogP contribution in [0.2, 0.25) is 5.02 Å². The minimum atomic E-state index is 0.126. The van der Waals surface area contributed by atoms with Gasteiger partial charge in [0.2, 0.25) is 0 Å². The number of nitrogens with zero attached hydrogens (tertiary/aromatic N) is 1. The molecule has 0 fully saturated rings. The van der Waals surface area contributed by atoms with Crippen molar-refractivity contribution in [3.63, 3.8) is 0 Å². The molecular formula is C11H13ClN2OS. The quantitative estimate of drug-likeness (QED) is 0.854. The number of hydrogen-bond donors (Lipinski definition) is 1. The van der Waals surface area contributed by atoms with Crippen LogP contribution < -0.4 is 0 Å². The van der Waals surface area contributed by atoms with Crippen molar-refractivity contribution in [1.82, 2.24) is 9.55 Å². The van der Waals surface area contributed by atoms with Gasteiger partial charge in [0.05, 0.1) is 23.7 Å². The number of benzene rings is 1. The first-order chi connectivity index (χ1) is 7.61. The number of aromatic nitrogens is 2. The van der Waals surface area contributed by atoms with Crippen LogP contribution in [0.4, 0.5) is 0 Å². The van der Waals surface area contributed by atoms with Crippen molar-refractivity contribution in [3.8, 4) is 0 Å². The van der Waals surface area contributed by atoms with Gasteiger partial charge in [-0.05, 0) is 37.3 Å². The lowest BCUT2D eigenvalue weighted by Gasteiger charge is -2.10. The standard InChI is InChI=1S/C11H13ClN2OS/c1-7(15-2)6-14-10-4-3-8(12)5-9(10)13-11(14)16/h3-5,7H,6H2,1-2H3,(H,13,16). The third-order valence-electron chi connectivity index (χ3n) is 2.58. The molecule has 0 bridgehead atoms. The Hall–Kier alpha value is -0.840. The molecule has 0 radical (unpaired) electrons. The van der Waals surface area contributed by atoms with Crippen LogP contribution in [0.3, 0.4) is 0 Å². The van der Waals surface area contributed by atoms with E-state index in [1.165, 1.54) is 0 Å². The van der Waals surface area contributed by atoms with Gasteiger partial charge in [0.25, 0.3) is 0 Å². The van der Waals surface area contributed by atoms with Gasteiger partial charge >= 0.3 is 0 Å². The van der Waals surface area contributed by atoms with E-state index < -0.39 is 0 Å². The summed E-state index contributed by atoms with van der Waals surface area (Å²) in [6.45, 7) is 2.74. The van der Waals surface area contributed by atoms with E-state index >= 15 is 0 Å². The molecule has 0 aliphatic heterocycles. The minimum absolute atomic E-state index is 0.126. The predicted octanol–water partition coefficient (Wildman–Crippen LogP) is 3.39. The summed E-state index contributed by atoms with van der Waals surface area (Å²) in [7, 11) is 1.69. The highest BCUT2D eigenvalue weighted by Gasteiger charge is 2.07. The van der Waals surface area contributed by atoms with Crippen molar-refractivity contribution < 1.29 is 4.74 Å². The molecule has 3 nitrogen and oxygen atoms in total. The Labute approximate surface area is 104 Å². The van der Waals surface area contributed by atoms with Gasteiger partial charge in [0, 0.05) is 12.1 Å². The molecule has 1 unspecified atom stereocenters. The molecule has 5 heteroatoms. The second kappa shape index (κ2) is 4.57. The molecule has 1 aromatic heterocycles. The number of ether oxygens (including phenoxy) is 1. The molecule has 2 rings (SSSR count). The SMILES string of the molecule is COC(C)Cn1c(=S)[nH]c2cc(Cl)ccc21. The van der Waals surface area contributed by atoms with Crippen molar-refractivity contribution >= 4 is 34.9 Å². The molecule has 1 aromatic carbocycles. The van der Waals surface area contributed by atoms with Gasteiger partial charge in [0.15, 0.2) is 4.77 Å². The van der Waals surface area contributed by atoms with Gasteiger partial charge in [-0.15, -0.1) is 0 Å². The first-order valence-corrected chi connectivity index (χ1v) is 5.81. The summed E-state index contributed by atoms with van der Waals surface area (Å²) in [5, 5.41) is 0.704. The fourth-order valence-electron chi connectivity index (χ4n) is 1.65. The van der Waals surface area contributed by atoms with Gasteiger partial charge in [0.1, 0.15) is 0 Å². The van der Waals surface area contributed by atoms with Crippen LogP contribution in [-0.2, 0) is 11.3 Å². The van der Waals surface area contributed by atoms with E-state index in [9.17, 15) is 0 Å². The van der Waals surface area contributed by atoms with Crippen LogP contribution in [0.5, 0.6) is 0 Å². The summed E-state index contributed by atoms with van der Waals surface area (Å²) in [6, 6.07) is 5.70. The molecule has 0 saturated carbocycles. The largest absolute Gasteiger partial charge is 0.380 e. The van der Waals surface area contributed by atoms with E-state index in [0.717, 1.165) is 17.6 Å². The van der Waals surface area contributed by atoms with Gasteiger partial charge in [-0.1, -0.05) is 11.6 Å². The zero-order chi connectivity index (χ0) is 11.7. The lowest BCUT2D eigenvalue weighted by molar-refractivity contribution is 0.104. The average molecular weight is 257 g/mol. The Kier molecular flexibility index (Phi) is 3.33. The van der Waals surface area contributed by atoms with Gasteiger partial charge in [-0.3, -0.25) is 0 Å². The first-order valence-electron chi connectivity index (χ1n) is 5.02. The maximum Gasteiger partial charge on any atom is 0.178 e. The number of aromatic amines is 1. The molecule has 1 N–H and O–H groups in total. The summed E-state index contributed by atoms with van der Waals surface area (Å²) in [5.74, 6) is 0. The minimum Gasteiger partial charge on any atom is -0.380 e. The third kappa shape index (κ3) is 2.14. The normalized spacial score (nSPS) is 13.2. The van der Waals surface area contributed by atoms with E-state index in [4.69, 9.17) is 28.6 Å². The fourth-order valence-corrected chi connectivity index (χ4v) is 2.10. The molecule has 0 amide bonds. The summed E-state index contributed by atoms with van der Waals surface area (Å²) in [5.41, 5.74) is 2.01. The average Bonchev–Trinajstić information content (AvgIpc) is 2.54. The molecule has 16 heavy (non-hydrogen) atoms. The highest BCUT2D eigenvalue weighted by atomic mass is 35.5. The van der Waals surface area contributed by atoms with Crippen LogP contribution in [-0.4, -0.2) is 22.8 Å². The summed E-state index contributed by atoms with van der Waals surface area (Å²) in [6.07, 6.45) is 0.126. The van der Waals surface area contributed by atoms with E-state index in [1.54, 1.807) is 7.11 Å². The molecule has 1 atom stereocenters. The number of rotatable bonds is 3. The summed E-state index contributed by atoms with van der Waals surface area (Å²) in [4.78, 5) is 3.14. The molecular weight excluding hydrogens is 244 g/mol. The predicted molar refractivity (Wildman–Crippen MR) is 68.6 cm³/mol. The molecule has 0 aliphatic rings. The fraction of sp³-hybridized carbons (Fsp3) is 0.364. The lowest BCUT2D eigenvalue weighted by atomic mass is 10.3. The van der Waals surface area contributed by atoms with E-state index in [0.29, 0.717) is 9.79 Å². The lowest BCUT2D eigenvalue weighted by Crippen LogP contribution is -2.14. The van der Waals surface area contributed by atoms with Gasteiger partial charge in [-0.2, -0.15) is 0 Å². The van der Waals surface area contributed by atoms with E-state index in [1.807, 2.05) is 29.7 Å². The summed E-state index contributed by atoms with van der Waals surface area (Å²) < 4.78 is 7.96. The second-order valence-corrected chi connectivity index (χ2v) is 4.57. The maximum absolute atomic E-state index is 5.93. The Morgan fingerprint density at radius 1 is 1.56 bits per heavy atom. The highest BCUT2D eigenvalue weighted by molar-refractivity contribution is 7.71. The monoisotopic (exact) mass is 256 g/mol. The second-order valence-electron chi connectivity index (χ2n) is 3.75. The zero-order valence-electron chi connectivity index (χ0n) is 9.16. The van der Waals surface area contributed by atoms with Crippen LogP contribution in [0.15, 0.2) is 18.2 Å². The van der Waals surface area contributed by atoms with Crippen LogP contribution in [0, 0.1) is 4.77 Å². The van der Waals surface area contributed by atoms with Crippen molar-refractivity contribution in [3.05, 3.63) is 28.0 Å². The van der Waals surface area contributed by atoms with E-state index in [-0.39, 0.29) is 6.10 Å². The number of halogens is 1. The number of imidazole rings is 1. The van der Waals surface area contributed by atoms with Crippen molar-refractivity contribution in [1.29, 1.82) is 0 Å². The van der Waals surface area contributed by atoms with Crippen LogP contribution in [0.1, 0.15) is 6.92 Å². The van der Waals surface area contributed by atoms with Gasteiger partial charge < -0.3 is 14.3 Å². The first kappa shape index (κ1) is 11.6. The van der Waals surface area contributed by atoms with Crippen molar-refractivity contribution in [2.75, 3.05) is 7.11 Å². The molecule has 0 spiro atoms. The topological polar surface area (TPSA) is 29.9 Å².